The summed E-state index contributed by atoms with van der Waals surface area (Å²) in [6.45, 7) is 4.25. The van der Waals surface area contributed by atoms with Crippen molar-refractivity contribution in [2.75, 3.05) is 13.7 Å². The van der Waals surface area contributed by atoms with Crippen LogP contribution in [-0.4, -0.2) is 29.8 Å². The van der Waals surface area contributed by atoms with E-state index in [1.165, 1.54) is 5.56 Å². The number of aromatic nitrogens is 2. The molecule has 0 bridgehead atoms. The normalized spacial score (nSPS) is 10.8. The second-order valence-corrected chi connectivity index (χ2v) is 7.50. The molecule has 152 valence electrons. The summed E-state index contributed by atoms with van der Waals surface area (Å²) in [4.78, 5) is 16.4. The van der Waals surface area contributed by atoms with E-state index in [-0.39, 0.29) is 19.1 Å². The lowest BCUT2D eigenvalue weighted by Crippen LogP contribution is -2.28. The average molecular weight is 460 g/mol. The molecule has 0 aliphatic heterocycles. The van der Waals surface area contributed by atoms with Crippen LogP contribution in [0.4, 0.5) is 0 Å². The van der Waals surface area contributed by atoms with Gasteiger partial charge in [-0.2, -0.15) is 4.98 Å². The molecule has 3 aromatic rings. The average Bonchev–Trinajstić information content (AvgIpc) is 3.20. The molecule has 0 saturated heterocycles. The number of ether oxygens (including phenoxy) is 2. The molecule has 2 aromatic carbocycles. The summed E-state index contributed by atoms with van der Waals surface area (Å²) in [5.74, 6) is 2.25. The number of carbonyl (C=O) groups is 1. The highest BCUT2D eigenvalue weighted by Crippen LogP contribution is 2.28. The first-order valence-corrected chi connectivity index (χ1v) is 9.91. The maximum Gasteiger partial charge on any atom is 0.258 e. The van der Waals surface area contributed by atoms with E-state index < -0.39 is 0 Å². The van der Waals surface area contributed by atoms with Gasteiger partial charge in [-0.05, 0) is 63.8 Å². The second kappa shape index (κ2) is 9.56. The molecule has 0 saturated carbocycles. The number of hydrogen-bond acceptors (Lipinski definition) is 6. The molecule has 0 unspecified atom stereocenters. The van der Waals surface area contributed by atoms with Gasteiger partial charge in [0.2, 0.25) is 11.7 Å². The van der Waals surface area contributed by atoms with Crippen LogP contribution in [0, 0.1) is 0 Å². The second-order valence-electron chi connectivity index (χ2n) is 6.65. The third-order valence-electron chi connectivity index (χ3n) is 4.23. The lowest BCUT2D eigenvalue weighted by atomic mass is 10.0. The largest absolute Gasteiger partial charge is 0.497 e. The van der Waals surface area contributed by atoms with E-state index in [2.05, 4.69) is 45.2 Å². The Kier molecular flexibility index (Phi) is 6.87. The maximum atomic E-state index is 12.1. The summed E-state index contributed by atoms with van der Waals surface area (Å²) < 4.78 is 16.7. The third kappa shape index (κ3) is 5.57. The van der Waals surface area contributed by atoms with Crippen molar-refractivity contribution in [3.05, 3.63) is 58.4 Å². The molecular weight excluding hydrogens is 438 g/mol. The van der Waals surface area contributed by atoms with Gasteiger partial charge in [0.25, 0.3) is 5.91 Å². The minimum absolute atomic E-state index is 0.112. The molecule has 0 radical (unpaired) electrons. The molecule has 1 aromatic heterocycles. The Bertz CT molecular complexity index is 970. The van der Waals surface area contributed by atoms with Crippen LogP contribution < -0.4 is 14.8 Å². The predicted molar refractivity (Wildman–Crippen MR) is 112 cm³/mol. The van der Waals surface area contributed by atoms with E-state index in [4.69, 9.17) is 14.0 Å². The third-order valence-corrected chi connectivity index (χ3v) is 4.85. The molecule has 0 aliphatic rings. The van der Waals surface area contributed by atoms with E-state index in [0.29, 0.717) is 23.4 Å². The molecular formula is C21H22BrN3O4. The summed E-state index contributed by atoms with van der Waals surface area (Å²) in [6, 6.07) is 13.1. The van der Waals surface area contributed by atoms with E-state index in [1.807, 2.05) is 42.5 Å². The zero-order chi connectivity index (χ0) is 20.8. The molecule has 1 heterocycles. The monoisotopic (exact) mass is 459 g/mol. The molecule has 1 N–H and O–H groups in total. The van der Waals surface area contributed by atoms with Gasteiger partial charge in [-0.25, -0.2) is 0 Å². The van der Waals surface area contributed by atoms with E-state index >= 15 is 0 Å². The van der Waals surface area contributed by atoms with Crippen molar-refractivity contribution in [3.8, 4) is 22.9 Å². The van der Waals surface area contributed by atoms with Gasteiger partial charge in [0.15, 0.2) is 6.61 Å². The van der Waals surface area contributed by atoms with Crippen molar-refractivity contribution in [1.29, 1.82) is 0 Å². The van der Waals surface area contributed by atoms with Gasteiger partial charge in [-0.3, -0.25) is 4.79 Å². The van der Waals surface area contributed by atoms with Gasteiger partial charge in [0.05, 0.1) is 18.1 Å². The Hall–Kier alpha value is -2.87. The molecule has 29 heavy (non-hydrogen) atoms. The highest BCUT2D eigenvalue weighted by Gasteiger charge is 2.12. The minimum Gasteiger partial charge on any atom is -0.497 e. The molecule has 0 fully saturated rings. The number of nitrogens with zero attached hydrogens (tertiary/aromatic N) is 2. The molecule has 0 spiro atoms. The molecule has 3 rings (SSSR count). The first-order chi connectivity index (χ1) is 14.0. The molecule has 0 aliphatic carbocycles. The number of nitrogens with one attached hydrogen (secondary N) is 1. The fraction of sp³-hybridized carbons (Fsp3) is 0.286. The number of rotatable bonds is 8. The van der Waals surface area contributed by atoms with Crippen molar-refractivity contribution >= 4 is 21.8 Å². The van der Waals surface area contributed by atoms with Gasteiger partial charge in [-0.1, -0.05) is 25.1 Å². The highest BCUT2D eigenvalue weighted by atomic mass is 79.9. The molecule has 8 heteroatoms. The smallest absolute Gasteiger partial charge is 0.258 e. The Morgan fingerprint density at radius 1 is 1.21 bits per heavy atom. The highest BCUT2D eigenvalue weighted by molar-refractivity contribution is 9.10. The molecule has 7 nitrogen and oxygen atoms in total. The van der Waals surface area contributed by atoms with Gasteiger partial charge < -0.3 is 19.3 Å². The van der Waals surface area contributed by atoms with Crippen LogP contribution in [0.5, 0.6) is 11.5 Å². The topological polar surface area (TPSA) is 86.5 Å². The van der Waals surface area contributed by atoms with Crippen LogP contribution in [0.1, 0.15) is 31.2 Å². The van der Waals surface area contributed by atoms with Crippen molar-refractivity contribution in [2.45, 2.75) is 26.3 Å². The van der Waals surface area contributed by atoms with Crippen molar-refractivity contribution in [2.24, 2.45) is 0 Å². The number of amides is 1. The van der Waals surface area contributed by atoms with Crippen LogP contribution in [0.15, 0.2) is 51.5 Å². The summed E-state index contributed by atoms with van der Waals surface area (Å²) in [5.41, 5.74) is 1.99. The quantitative estimate of drug-likeness (QED) is 0.539. The number of halogens is 1. The lowest BCUT2D eigenvalue weighted by molar-refractivity contribution is -0.123. The zero-order valence-electron chi connectivity index (χ0n) is 16.4. The van der Waals surface area contributed by atoms with E-state index in [1.54, 1.807) is 7.11 Å². The molecule has 1 amide bonds. The van der Waals surface area contributed by atoms with E-state index in [0.717, 1.165) is 15.8 Å². The van der Waals surface area contributed by atoms with Gasteiger partial charge in [0, 0.05) is 5.56 Å². The predicted octanol–water partition coefficient (Wildman–Crippen LogP) is 4.33. The van der Waals surface area contributed by atoms with Gasteiger partial charge >= 0.3 is 0 Å². The minimum atomic E-state index is -0.283. The molecule has 0 atom stereocenters. The van der Waals surface area contributed by atoms with Crippen molar-refractivity contribution < 1.29 is 18.8 Å². The number of benzene rings is 2. The summed E-state index contributed by atoms with van der Waals surface area (Å²) in [6.07, 6.45) is 0. The number of hydrogen-bond donors (Lipinski definition) is 1. The van der Waals surface area contributed by atoms with Crippen molar-refractivity contribution in [1.82, 2.24) is 15.5 Å². The number of methoxy groups -OCH3 is 1. The van der Waals surface area contributed by atoms with E-state index in [9.17, 15) is 4.79 Å². The Morgan fingerprint density at radius 2 is 1.97 bits per heavy atom. The summed E-state index contributed by atoms with van der Waals surface area (Å²) in [5, 5.41) is 6.64. The Morgan fingerprint density at radius 3 is 2.62 bits per heavy atom. The van der Waals surface area contributed by atoms with Crippen LogP contribution in [-0.2, 0) is 11.3 Å². The number of carbonyl (C=O) groups excluding carboxylic acids is 1. The standard InChI is InChI=1S/C21H22BrN3O4/c1-13(2)15-6-9-18(17(22)10-15)28-12-19(26)23-11-20-24-21(25-29-20)14-4-7-16(27-3)8-5-14/h4-10,13H,11-12H2,1-3H3,(H,23,26). The van der Waals surface area contributed by atoms with Crippen LogP contribution in [0.25, 0.3) is 11.4 Å². The SMILES string of the molecule is COc1ccc(-c2noc(CNC(=O)COc3ccc(C(C)C)cc3Br)n2)cc1. The lowest BCUT2D eigenvalue weighted by Gasteiger charge is -2.11. The zero-order valence-corrected chi connectivity index (χ0v) is 18.0. The first kappa shape index (κ1) is 20.9. The van der Waals surface area contributed by atoms with Crippen molar-refractivity contribution in [3.63, 3.8) is 0 Å². The Labute approximate surface area is 177 Å². The fourth-order valence-corrected chi connectivity index (χ4v) is 3.06. The van der Waals surface area contributed by atoms with Gasteiger partial charge in [-0.15, -0.1) is 0 Å². The Balaban J connectivity index is 1.50. The first-order valence-electron chi connectivity index (χ1n) is 9.12. The maximum absolute atomic E-state index is 12.1. The van der Waals surface area contributed by atoms with Gasteiger partial charge in [0.1, 0.15) is 11.5 Å². The van der Waals surface area contributed by atoms with Crippen LogP contribution in [0.2, 0.25) is 0 Å². The summed E-state index contributed by atoms with van der Waals surface area (Å²) >= 11 is 3.48. The fourth-order valence-electron chi connectivity index (χ4n) is 2.55. The van der Waals surface area contributed by atoms with Crippen LogP contribution >= 0.6 is 15.9 Å². The summed E-state index contributed by atoms with van der Waals surface area (Å²) in [7, 11) is 1.60. The van der Waals surface area contributed by atoms with Crippen LogP contribution in [0.3, 0.4) is 0 Å².